The van der Waals surface area contributed by atoms with Gasteiger partial charge in [-0.05, 0) is 43.0 Å². The van der Waals surface area contributed by atoms with Gasteiger partial charge in [0.05, 0.1) is 25.0 Å². The number of nitrogens with zero attached hydrogens (tertiary/aromatic N) is 2. The minimum Gasteiger partial charge on any atom is -0.497 e. The number of nitrogens with two attached hydrogens (primary N) is 1. The van der Waals surface area contributed by atoms with Crippen molar-refractivity contribution < 1.29 is 9.47 Å². The molecule has 2 aromatic rings. The first kappa shape index (κ1) is 12.7. The van der Waals surface area contributed by atoms with E-state index in [0.29, 0.717) is 12.5 Å². The number of fused-ring (bicyclic) bond motifs is 3. The maximum absolute atomic E-state index is 5.76. The molecule has 0 unspecified atom stereocenters. The first-order valence-corrected chi connectivity index (χ1v) is 6.69. The maximum atomic E-state index is 5.76. The fourth-order valence-corrected chi connectivity index (χ4v) is 2.60. The van der Waals surface area contributed by atoms with E-state index in [2.05, 4.69) is 16.0 Å². The second-order valence-corrected chi connectivity index (χ2v) is 4.66. The zero-order chi connectivity index (χ0) is 14.1. The summed E-state index contributed by atoms with van der Waals surface area (Å²) in [6, 6.07) is 6.04. The van der Waals surface area contributed by atoms with Crippen LogP contribution in [-0.2, 0) is 12.8 Å². The van der Waals surface area contributed by atoms with Gasteiger partial charge in [0.25, 0.3) is 0 Å². The predicted molar refractivity (Wildman–Crippen MR) is 77.0 cm³/mol. The van der Waals surface area contributed by atoms with Gasteiger partial charge in [-0.15, -0.1) is 0 Å². The van der Waals surface area contributed by atoms with Gasteiger partial charge in [0.1, 0.15) is 5.75 Å². The van der Waals surface area contributed by atoms with Gasteiger partial charge in [-0.1, -0.05) is 6.07 Å². The molecule has 20 heavy (non-hydrogen) atoms. The minimum atomic E-state index is 0.268. The third-order valence-corrected chi connectivity index (χ3v) is 3.46. The average molecular weight is 271 g/mol. The molecule has 1 heterocycles. The van der Waals surface area contributed by atoms with Crippen LogP contribution in [0.15, 0.2) is 18.2 Å². The monoisotopic (exact) mass is 271 g/mol. The third-order valence-electron chi connectivity index (χ3n) is 3.46. The number of aromatic nitrogens is 2. The summed E-state index contributed by atoms with van der Waals surface area (Å²) in [6.07, 6.45) is 1.75. The van der Waals surface area contributed by atoms with Crippen molar-refractivity contribution in [2.45, 2.75) is 19.8 Å². The van der Waals surface area contributed by atoms with Crippen LogP contribution in [0.25, 0.3) is 11.1 Å². The van der Waals surface area contributed by atoms with Crippen LogP contribution in [0.2, 0.25) is 0 Å². The van der Waals surface area contributed by atoms with Crippen LogP contribution < -0.4 is 15.2 Å². The van der Waals surface area contributed by atoms with E-state index in [0.717, 1.165) is 35.4 Å². The topological polar surface area (TPSA) is 70.3 Å². The fraction of sp³-hybridized carbons (Fsp3) is 0.333. The van der Waals surface area contributed by atoms with Crippen LogP contribution in [0.4, 0.5) is 5.95 Å². The van der Waals surface area contributed by atoms with Gasteiger partial charge in [0, 0.05) is 0 Å². The second kappa shape index (κ2) is 5.00. The lowest BCUT2D eigenvalue weighted by Gasteiger charge is -2.21. The number of benzene rings is 1. The SMILES string of the molecule is CCOc1nc(N)nc2c1-c1ccc(OC)cc1CC2. The van der Waals surface area contributed by atoms with Crippen molar-refractivity contribution in [2.24, 2.45) is 0 Å². The highest BCUT2D eigenvalue weighted by Gasteiger charge is 2.23. The quantitative estimate of drug-likeness (QED) is 0.927. The van der Waals surface area contributed by atoms with Gasteiger partial charge in [-0.2, -0.15) is 4.98 Å². The molecule has 104 valence electrons. The zero-order valence-corrected chi connectivity index (χ0v) is 11.6. The molecule has 0 atom stereocenters. The molecule has 3 rings (SSSR count). The summed E-state index contributed by atoms with van der Waals surface area (Å²) >= 11 is 0. The molecule has 1 aromatic carbocycles. The molecule has 0 saturated heterocycles. The van der Waals surface area contributed by atoms with Gasteiger partial charge in [0.2, 0.25) is 11.8 Å². The molecule has 5 nitrogen and oxygen atoms in total. The van der Waals surface area contributed by atoms with Crippen molar-refractivity contribution in [2.75, 3.05) is 19.5 Å². The highest BCUT2D eigenvalue weighted by molar-refractivity contribution is 5.77. The summed E-state index contributed by atoms with van der Waals surface area (Å²) in [5.41, 5.74) is 10.0. The number of methoxy groups -OCH3 is 1. The van der Waals surface area contributed by atoms with Crippen LogP contribution in [0, 0.1) is 0 Å². The lowest BCUT2D eigenvalue weighted by molar-refractivity contribution is 0.327. The Morgan fingerprint density at radius 1 is 1.25 bits per heavy atom. The first-order valence-electron chi connectivity index (χ1n) is 6.69. The van der Waals surface area contributed by atoms with Crippen LogP contribution >= 0.6 is 0 Å². The van der Waals surface area contributed by atoms with Gasteiger partial charge in [-0.25, -0.2) is 4.98 Å². The average Bonchev–Trinajstić information content (AvgIpc) is 2.46. The number of rotatable bonds is 3. The lowest BCUT2D eigenvalue weighted by atomic mass is 9.89. The molecule has 0 bridgehead atoms. The van der Waals surface area contributed by atoms with E-state index in [1.165, 1.54) is 5.56 Å². The van der Waals surface area contributed by atoms with E-state index < -0.39 is 0 Å². The minimum absolute atomic E-state index is 0.268. The number of anilines is 1. The van der Waals surface area contributed by atoms with E-state index in [9.17, 15) is 0 Å². The number of aryl methyl sites for hydroxylation is 2. The molecule has 2 N–H and O–H groups in total. The molecular weight excluding hydrogens is 254 g/mol. The van der Waals surface area contributed by atoms with Crippen LogP contribution in [-0.4, -0.2) is 23.7 Å². The lowest BCUT2D eigenvalue weighted by Crippen LogP contribution is -2.12. The summed E-state index contributed by atoms with van der Waals surface area (Å²) in [5, 5.41) is 0. The van der Waals surface area contributed by atoms with E-state index >= 15 is 0 Å². The van der Waals surface area contributed by atoms with Crippen molar-refractivity contribution in [3.63, 3.8) is 0 Å². The number of hydrogen-bond donors (Lipinski definition) is 1. The molecule has 0 saturated carbocycles. The summed E-state index contributed by atoms with van der Waals surface area (Å²) in [5.74, 6) is 1.70. The summed E-state index contributed by atoms with van der Waals surface area (Å²) in [4.78, 5) is 8.58. The normalized spacial score (nSPS) is 12.5. The molecule has 0 fully saturated rings. The Hall–Kier alpha value is -2.30. The van der Waals surface area contributed by atoms with Crippen molar-refractivity contribution in [3.05, 3.63) is 29.5 Å². The third kappa shape index (κ3) is 2.05. The number of nitrogen functional groups attached to an aromatic ring is 1. The highest BCUT2D eigenvalue weighted by atomic mass is 16.5. The van der Waals surface area contributed by atoms with Crippen LogP contribution in [0.5, 0.6) is 11.6 Å². The standard InChI is InChI=1S/C15H17N3O2/c1-3-20-14-13-11-6-5-10(19-2)8-9(11)4-7-12(13)17-15(16)18-14/h5-6,8H,3-4,7H2,1-2H3,(H2,16,17,18). The Balaban J connectivity index is 2.19. The summed E-state index contributed by atoms with van der Waals surface area (Å²) < 4.78 is 10.9. The predicted octanol–water partition coefficient (Wildman–Crippen LogP) is 2.23. The van der Waals surface area contributed by atoms with E-state index in [-0.39, 0.29) is 5.95 Å². The molecule has 1 aliphatic carbocycles. The molecule has 0 spiro atoms. The molecular formula is C15H17N3O2. The van der Waals surface area contributed by atoms with Crippen molar-refractivity contribution >= 4 is 5.95 Å². The second-order valence-electron chi connectivity index (χ2n) is 4.66. The molecule has 0 radical (unpaired) electrons. The first-order chi connectivity index (χ1) is 9.72. The number of ether oxygens (including phenoxy) is 2. The highest BCUT2D eigenvalue weighted by Crippen LogP contribution is 2.39. The maximum Gasteiger partial charge on any atom is 0.226 e. The molecule has 1 aliphatic rings. The van der Waals surface area contributed by atoms with Crippen molar-refractivity contribution in [1.29, 1.82) is 0 Å². The largest absolute Gasteiger partial charge is 0.497 e. The van der Waals surface area contributed by atoms with Crippen molar-refractivity contribution in [1.82, 2.24) is 9.97 Å². The molecule has 0 amide bonds. The van der Waals surface area contributed by atoms with E-state index in [1.54, 1.807) is 7.11 Å². The van der Waals surface area contributed by atoms with Crippen molar-refractivity contribution in [3.8, 4) is 22.8 Å². The molecule has 0 aliphatic heterocycles. The van der Waals surface area contributed by atoms with Crippen LogP contribution in [0.1, 0.15) is 18.2 Å². The summed E-state index contributed by atoms with van der Waals surface area (Å²) in [6.45, 7) is 2.48. The van der Waals surface area contributed by atoms with E-state index in [1.807, 2.05) is 19.1 Å². The zero-order valence-electron chi connectivity index (χ0n) is 11.6. The van der Waals surface area contributed by atoms with Gasteiger partial charge in [0.15, 0.2) is 0 Å². The Bertz CT molecular complexity index is 656. The Morgan fingerprint density at radius 3 is 2.85 bits per heavy atom. The van der Waals surface area contributed by atoms with E-state index in [4.69, 9.17) is 15.2 Å². The fourth-order valence-electron chi connectivity index (χ4n) is 2.60. The smallest absolute Gasteiger partial charge is 0.226 e. The Morgan fingerprint density at radius 2 is 2.10 bits per heavy atom. The molecule has 1 aromatic heterocycles. The Labute approximate surface area is 117 Å². The van der Waals surface area contributed by atoms with Crippen LogP contribution in [0.3, 0.4) is 0 Å². The molecule has 5 heteroatoms. The summed E-state index contributed by atoms with van der Waals surface area (Å²) in [7, 11) is 1.67. The van der Waals surface area contributed by atoms with Gasteiger partial charge >= 0.3 is 0 Å². The number of hydrogen-bond acceptors (Lipinski definition) is 5. The van der Waals surface area contributed by atoms with Gasteiger partial charge < -0.3 is 15.2 Å². The Kier molecular flexibility index (Phi) is 3.18. The van der Waals surface area contributed by atoms with Gasteiger partial charge in [-0.3, -0.25) is 0 Å².